The molecule has 7 heteroatoms. The van der Waals surface area contributed by atoms with Gasteiger partial charge in [0.15, 0.2) is 0 Å². The van der Waals surface area contributed by atoms with Gasteiger partial charge in [-0.2, -0.15) is 0 Å². The fourth-order valence-electron chi connectivity index (χ4n) is 4.33. The fraction of sp³-hybridized carbons (Fsp3) is 0.486. The van der Waals surface area contributed by atoms with Gasteiger partial charge in [0.2, 0.25) is 0 Å². The summed E-state index contributed by atoms with van der Waals surface area (Å²) in [5.74, 6) is 0.0988. The second kappa shape index (κ2) is 23.1. The summed E-state index contributed by atoms with van der Waals surface area (Å²) in [6, 6.07) is 16.1. The van der Waals surface area contributed by atoms with Crippen molar-refractivity contribution in [3.05, 3.63) is 85.0 Å². The summed E-state index contributed by atoms with van der Waals surface area (Å²) in [4.78, 5) is 31.0. The van der Waals surface area contributed by atoms with E-state index in [0.29, 0.717) is 20.3 Å². The lowest BCUT2D eigenvalue weighted by Crippen LogP contribution is -2.47. The number of benzene rings is 2. The van der Waals surface area contributed by atoms with Crippen molar-refractivity contribution in [2.45, 2.75) is 66.5 Å². The van der Waals surface area contributed by atoms with E-state index >= 15 is 0 Å². The zero-order valence-electron chi connectivity index (χ0n) is 27.1. The molecule has 2 saturated heterocycles. The number of carbonyl (C=O) groups excluding carboxylic acids is 2. The topological polar surface area (TPSA) is 53.1 Å². The molecule has 1 atom stereocenters. The number of piperazine rings is 1. The molecule has 0 radical (unpaired) electrons. The Morgan fingerprint density at radius 3 is 2.12 bits per heavy atom. The molecule has 2 fully saturated rings. The number of cyclic esters (lactones) is 1. The van der Waals surface area contributed by atoms with Crippen molar-refractivity contribution in [2.75, 3.05) is 46.9 Å². The van der Waals surface area contributed by atoms with Crippen LogP contribution in [-0.4, -0.2) is 79.8 Å². The number of carbonyl (C=O) groups is 2. The summed E-state index contributed by atoms with van der Waals surface area (Å²) in [5.41, 5.74) is 3.89. The van der Waals surface area contributed by atoms with Crippen LogP contribution in [0.4, 0.5) is 9.18 Å². The van der Waals surface area contributed by atoms with E-state index in [0.717, 1.165) is 67.7 Å². The van der Waals surface area contributed by atoms with E-state index in [-0.39, 0.29) is 18.1 Å². The number of halogens is 1. The number of hydrogen-bond acceptors (Lipinski definition) is 4. The molecule has 2 heterocycles. The largest absolute Gasteiger partial charge is 0.444 e. The van der Waals surface area contributed by atoms with E-state index in [1.165, 1.54) is 0 Å². The molecule has 0 N–H and O–H groups in total. The lowest BCUT2D eigenvalue weighted by molar-refractivity contribution is 0.0664. The second-order valence-electron chi connectivity index (χ2n) is 9.57. The van der Waals surface area contributed by atoms with Gasteiger partial charge in [-0.25, -0.2) is 4.79 Å². The highest BCUT2D eigenvalue weighted by atomic mass is 19.1. The van der Waals surface area contributed by atoms with Crippen LogP contribution in [0.2, 0.25) is 0 Å². The molecule has 0 bridgehead atoms. The van der Waals surface area contributed by atoms with Crippen molar-refractivity contribution in [3.63, 3.8) is 0 Å². The molecule has 0 saturated carbocycles. The molecule has 2 aromatic carbocycles. The molecule has 2 aliphatic heterocycles. The van der Waals surface area contributed by atoms with Crippen molar-refractivity contribution in [1.29, 1.82) is 0 Å². The van der Waals surface area contributed by atoms with Gasteiger partial charge in [0.05, 0.1) is 13.7 Å². The van der Waals surface area contributed by atoms with E-state index in [1.807, 2.05) is 69.0 Å². The van der Waals surface area contributed by atoms with Gasteiger partial charge in [-0.05, 0) is 62.6 Å². The molecule has 42 heavy (non-hydrogen) atoms. The van der Waals surface area contributed by atoms with Crippen molar-refractivity contribution in [2.24, 2.45) is 0 Å². The van der Waals surface area contributed by atoms with Crippen LogP contribution < -0.4 is 0 Å². The maximum Gasteiger partial charge on any atom is 0.410 e. The van der Waals surface area contributed by atoms with E-state index < -0.39 is 0 Å². The van der Waals surface area contributed by atoms with Gasteiger partial charge >= 0.3 is 6.09 Å². The van der Waals surface area contributed by atoms with Crippen LogP contribution in [-0.2, 0) is 11.3 Å². The number of unbranched alkanes of at least 4 members (excludes halogenated alkanes) is 1. The third-order valence-corrected chi connectivity index (χ3v) is 6.72. The van der Waals surface area contributed by atoms with Crippen LogP contribution in [0.1, 0.15) is 69.8 Å². The van der Waals surface area contributed by atoms with Crippen molar-refractivity contribution >= 4 is 12.0 Å². The Bertz CT molecular complexity index is 1030. The summed E-state index contributed by atoms with van der Waals surface area (Å²) in [6.07, 6.45) is 6.92. The Morgan fingerprint density at radius 2 is 1.57 bits per heavy atom. The highest BCUT2D eigenvalue weighted by Gasteiger charge is 2.30. The van der Waals surface area contributed by atoms with E-state index in [4.69, 9.17) is 4.74 Å². The second-order valence-corrected chi connectivity index (χ2v) is 9.57. The standard InChI is InChI=1S/C26H33N3O3.C4H8.C2H6.C2H4.CH3F/c1-3-4-8-24-19-29(26(31)32-24)18-20-9-11-21(12-10-20)22-6-5-7-23(17-22)25(30)28-15-13-27(2)14-16-28;1-3-4-2;3*1-2/h5-7,9-12,17,24H,3-4,8,13-16,18-19H2,1-2H3;3-4H,1-2H3;1-2H3;1-2H2;1H3/b;4-3-;;;. The van der Waals surface area contributed by atoms with Gasteiger partial charge < -0.3 is 19.4 Å². The Balaban J connectivity index is 0.00000150. The van der Waals surface area contributed by atoms with Crippen molar-refractivity contribution < 1.29 is 18.7 Å². The Kier molecular flexibility index (Phi) is 21.2. The molecule has 0 aromatic heterocycles. The zero-order valence-corrected chi connectivity index (χ0v) is 27.1. The minimum Gasteiger partial charge on any atom is -0.444 e. The third-order valence-electron chi connectivity index (χ3n) is 6.72. The number of likely N-dealkylation sites (N-methyl/N-ethyl adjacent to an activating group) is 1. The average Bonchev–Trinajstić information content (AvgIpc) is 3.41. The Labute approximate surface area is 254 Å². The quantitative estimate of drug-likeness (QED) is 0.308. The molecule has 2 aliphatic rings. The van der Waals surface area contributed by atoms with Crippen molar-refractivity contribution in [1.82, 2.24) is 14.7 Å². The van der Waals surface area contributed by atoms with Crippen LogP contribution in [0.5, 0.6) is 0 Å². The predicted octanol–water partition coefficient (Wildman–Crippen LogP) is 8.25. The fourth-order valence-corrected chi connectivity index (χ4v) is 4.33. The summed E-state index contributed by atoms with van der Waals surface area (Å²) < 4.78 is 15.0. The molecule has 234 valence electrons. The summed E-state index contributed by atoms with van der Waals surface area (Å²) in [6.45, 7) is 20.7. The number of rotatable bonds is 7. The number of allylic oxidation sites excluding steroid dienone is 2. The minimum atomic E-state index is -0.217. The van der Waals surface area contributed by atoms with Gasteiger partial charge in [0, 0.05) is 38.3 Å². The molecule has 0 aliphatic carbocycles. The first kappa shape index (κ1) is 38.5. The molecular weight excluding hydrogens is 529 g/mol. The highest BCUT2D eigenvalue weighted by molar-refractivity contribution is 5.95. The summed E-state index contributed by atoms with van der Waals surface area (Å²) >= 11 is 0. The van der Waals surface area contributed by atoms with Crippen LogP contribution in [0, 0.1) is 0 Å². The maximum absolute atomic E-state index is 12.9. The van der Waals surface area contributed by atoms with E-state index in [2.05, 4.69) is 56.3 Å². The van der Waals surface area contributed by atoms with Crippen LogP contribution in [0.25, 0.3) is 11.1 Å². The summed E-state index contributed by atoms with van der Waals surface area (Å²) in [7, 11) is 2.59. The predicted molar refractivity (Wildman–Crippen MR) is 176 cm³/mol. The summed E-state index contributed by atoms with van der Waals surface area (Å²) in [5, 5.41) is 0. The Hall–Kier alpha value is -3.45. The van der Waals surface area contributed by atoms with Gasteiger partial charge in [-0.1, -0.05) is 75.7 Å². The normalized spacial score (nSPS) is 16.0. The van der Waals surface area contributed by atoms with Crippen LogP contribution in [0.15, 0.2) is 73.8 Å². The number of nitrogens with zero attached hydrogens (tertiary/aromatic N) is 3. The number of amides is 2. The smallest absolute Gasteiger partial charge is 0.410 e. The maximum atomic E-state index is 12.9. The first-order valence-corrected chi connectivity index (χ1v) is 15.0. The third kappa shape index (κ3) is 13.0. The first-order chi connectivity index (χ1) is 20.4. The highest BCUT2D eigenvalue weighted by Crippen LogP contribution is 2.24. The zero-order chi connectivity index (χ0) is 31.9. The van der Waals surface area contributed by atoms with E-state index in [9.17, 15) is 14.0 Å². The number of alkyl halides is 1. The lowest BCUT2D eigenvalue weighted by atomic mass is 10.0. The monoisotopic (exact) mass is 583 g/mol. The molecule has 0 spiro atoms. The number of hydrogen-bond donors (Lipinski definition) is 0. The molecule has 2 amide bonds. The van der Waals surface area contributed by atoms with Gasteiger partial charge in [-0.3, -0.25) is 9.18 Å². The number of ether oxygens (including phenoxy) is 1. The van der Waals surface area contributed by atoms with Crippen molar-refractivity contribution in [3.8, 4) is 11.1 Å². The molecular formula is C35H54FN3O3. The molecule has 1 unspecified atom stereocenters. The van der Waals surface area contributed by atoms with Crippen LogP contribution in [0.3, 0.4) is 0 Å². The van der Waals surface area contributed by atoms with E-state index in [1.54, 1.807) is 4.90 Å². The van der Waals surface area contributed by atoms with Gasteiger partial charge in [0.1, 0.15) is 6.10 Å². The molecule has 2 aromatic rings. The molecule has 4 rings (SSSR count). The molecule has 6 nitrogen and oxygen atoms in total. The van der Waals surface area contributed by atoms with Crippen LogP contribution >= 0.6 is 0 Å². The van der Waals surface area contributed by atoms with Gasteiger partial charge in [0.25, 0.3) is 5.91 Å². The van der Waals surface area contributed by atoms with Gasteiger partial charge in [-0.15, -0.1) is 13.2 Å². The Morgan fingerprint density at radius 1 is 0.976 bits per heavy atom. The lowest BCUT2D eigenvalue weighted by Gasteiger charge is -2.32. The minimum absolute atomic E-state index is 0.0160. The first-order valence-electron chi connectivity index (χ1n) is 15.0. The SMILES string of the molecule is C/C=C\C.C=C.CC.CCCCC1CN(Cc2ccc(-c3cccc(C(=O)N4CCN(C)CC4)c3)cc2)C(=O)O1.CF. The average molecular weight is 584 g/mol.